The number of rotatable bonds is 4. The summed E-state index contributed by atoms with van der Waals surface area (Å²) < 4.78 is 19.5. The smallest absolute Gasteiger partial charge is 0.259 e. The summed E-state index contributed by atoms with van der Waals surface area (Å²) in [5, 5.41) is 12.2. The maximum atomic E-state index is 14.0. The fourth-order valence-electron chi connectivity index (χ4n) is 3.81. The van der Waals surface area contributed by atoms with Gasteiger partial charge in [0.2, 0.25) is 0 Å². The molecule has 0 unspecified atom stereocenters. The van der Waals surface area contributed by atoms with Gasteiger partial charge in [-0.1, -0.05) is 26.2 Å². The van der Waals surface area contributed by atoms with Crippen LogP contribution in [0.1, 0.15) is 67.3 Å². The Balaban J connectivity index is 1.69. The third-order valence-electron chi connectivity index (χ3n) is 5.08. The highest BCUT2D eigenvalue weighted by Crippen LogP contribution is 2.39. The summed E-state index contributed by atoms with van der Waals surface area (Å²) in [6, 6.07) is 4.87. The van der Waals surface area contributed by atoms with E-state index < -0.39 is 17.3 Å². The van der Waals surface area contributed by atoms with Gasteiger partial charge in [-0.25, -0.2) is 4.39 Å². The Morgan fingerprint density at radius 2 is 2.12 bits per heavy atom. The van der Waals surface area contributed by atoms with Crippen LogP contribution in [0, 0.1) is 17.1 Å². The molecule has 1 N–H and O–H groups in total. The number of nitrogens with zero attached hydrogens (tertiary/aromatic N) is 1. The van der Waals surface area contributed by atoms with E-state index >= 15 is 0 Å². The molecule has 1 aromatic carbocycles. The molecule has 3 rings (SSSR count). The molecular weight excluding hydrogens is 323 g/mol. The van der Waals surface area contributed by atoms with Crippen molar-refractivity contribution in [1.82, 2.24) is 5.32 Å². The van der Waals surface area contributed by atoms with Gasteiger partial charge in [0.05, 0.1) is 11.6 Å². The Labute approximate surface area is 146 Å². The first-order valence-corrected chi connectivity index (χ1v) is 8.66. The molecule has 0 spiro atoms. The molecule has 132 valence electrons. The van der Waals surface area contributed by atoms with Crippen LogP contribution in [0.5, 0.6) is 5.75 Å². The molecular formula is C19H21FN2O3. The summed E-state index contributed by atoms with van der Waals surface area (Å²) >= 11 is 0. The number of halogens is 1. The first-order valence-electron chi connectivity index (χ1n) is 8.66. The van der Waals surface area contributed by atoms with E-state index in [0.29, 0.717) is 18.4 Å². The highest BCUT2D eigenvalue weighted by Gasteiger charge is 2.35. The number of hydrogen-bond donors (Lipinski definition) is 1. The normalized spacial score (nSPS) is 21.3. The molecule has 6 heteroatoms. The zero-order valence-electron chi connectivity index (χ0n) is 14.2. The van der Waals surface area contributed by atoms with Crippen molar-refractivity contribution in [3.63, 3.8) is 0 Å². The van der Waals surface area contributed by atoms with Crippen molar-refractivity contribution in [1.29, 1.82) is 5.26 Å². The van der Waals surface area contributed by atoms with Crippen LogP contribution in [0.25, 0.3) is 0 Å². The number of nitriles is 1. The molecule has 1 saturated carbocycles. The van der Waals surface area contributed by atoms with E-state index in [1.54, 1.807) is 6.92 Å². The number of ether oxygens (including phenoxy) is 1. The molecule has 2 aliphatic carbocycles. The molecule has 2 aliphatic rings. The Kier molecular flexibility index (Phi) is 4.76. The van der Waals surface area contributed by atoms with Crippen molar-refractivity contribution in [3.05, 3.63) is 29.1 Å². The second-order valence-corrected chi connectivity index (χ2v) is 6.95. The van der Waals surface area contributed by atoms with Gasteiger partial charge in [0, 0.05) is 12.0 Å². The summed E-state index contributed by atoms with van der Waals surface area (Å²) in [5.41, 5.74) is -0.218. The Bertz CT molecular complexity index is 748. The molecule has 0 saturated heterocycles. The number of amides is 1. The van der Waals surface area contributed by atoms with E-state index in [1.165, 1.54) is 12.1 Å². The predicted molar refractivity (Wildman–Crippen MR) is 88.8 cm³/mol. The second kappa shape index (κ2) is 6.83. The zero-order chi connectivity index (χ0) is 18.0. The van der Waals surface area contributed by atoms with E-state index in [2.05, 4.69) is 11.4 Å². The van der Waals surface area contributed by atoms with Crippen LogP contribution in [-0.2, 0) is 4.79 Å². The van der Waals surface area contributed by atoms with Gasteiger partial charge >= 0.3 is 0 Å². The largest absolute Gasteiger partial charge is 0.483 e. The average Bonchev–Trinajstić information content (AvgIpc) is 2.91. The molecule has 0 aromatic heterocycles. The maximum Gasteiger partial charge on any atom is 0.259 e. The van der Waals surface area contributed by atoms with Crippen molar-refractivity contribution in [2.75, 3.05) is 6.61 Å². The van der Waals surface area contributed by atoms with Gasteiger partial charge in [-0.3, -0.25) is 9.59 Å². The van der Waals surface area contributed by atoms with Gasteiger partial charge < -0.3 is 10.1 Å². The summed E-state index contributed by atoms with van der Waals surface area (Å²) in [6.45, 7) is 1.49. The van der Waals surface area contributed by atoms with Crippen LogP contribution in [0.3, 0.4) is 0 Å². The van der Waals surface area contributed by atoms with Crippen LogP contribution in [0.15, 0.2) is 12.1 Å². The predicted octanol–water partition coefficient (Wildman–Crippen LogP) is 3.24. The Morgan fingerprint density at radius 3 is 2.80 bits per heavy atom. The van der Waals surface area contributed by atoms with E-state index in [9.17, 15) is 19.2 Å². The van der Waals surface area contributed by atoms with E-state index in [4.69, 9.17) is 4.74 Å². The number of nitrogens with one attached hydrogen (secondary N) is 1. The average molecular weight is 344 g/mol. The molecule has 25 heavy (non-hydrogen) atoms. The lowest BCUT2D eigenvalue weighted by Gasteiger charge is -2.31. The van der Waals surface area contributed by atoms with E-state index in [0.717, 1.165) is 19.3 Å². The van der Waals surface area contributed by atoms with Crippen molar-refractivity contribution in [3.8, 4) is 11.8 Å². The van der Waals surface area contributed by atoms with Crippen LogP contribution in [0.2, 0.25) is 0 Å². The molecule has 1 fully saturated rings. The fraction of sp³-hybridized carbons (Fsp3) is 0.526. The number of Topliss-reactive ketones (excluding diaryl/α,β-unsaturated/α-hetero) is 1. The summed E-state index contributed by atoms with van der Waals surface area (Å²) in [6.07, 6.45) is 4.40. The highest BCUT2D eigenvalue weighted by molar-refractivity contribution is 6.03. The minimum Gasteiger partial charge on any atom is -0.483 e. The SMILES string of the molecule is C[C@H]1CC(=O)c2c(OCC(=O)NC3(C#N)CCCCC3)ccc(F)c21. The molecule has 0 radical (unpaired) electrons. The number of carbonyl (C=O) groups excluding carboxylic acids is 2. The summed E-state index contributed by atoms with van der Waals surface area (Å²) in [4.78, 5) is 24.3. The lowest BCUT2D eigenvalue weighted by Crippen LogP contribution is -2.50. The molecule has 0 heterocycles. The van der Waals surface area contributed by atoms with Gasteiger partial charge in [-0.2, -0.15) is 5.26 Å². The molecule has 0 aliphatic heterocycles. The minimum absolute atomic E-state index is 0.168. The number of ketones is 1. The van der Waals surface area contributed by atoms with Crippen LogP contribution in [-0.4, -0.2) is 23.8 Å². The maximum absolute atomic E-state index is 14.0. The number of hydrogen-bond acceptors (Lipinski definition) is 4. The first-order chi connectivity index (χ1) is 12.0. The second-order valence-electron chi connectivity index (χ2n) is 6.95. The Morgan fingerprint density at radius 1 is 1.40 bits per heavy atom. The number of fused-ring (bicyclic) bond motifs is 1. The van der Waals surface area contributed by atoms with Crippen molar-refractivity contribution < 1.29 is 18.7 Å². The third-order valence-corrected chi connectivity index (χ3v) is 5.08. The minimum atomic E-state index is -0.826. The molecule has 5 nitrogen and oxygen atoms in total. The van der Waals surface area contributed by atoms with Gasteiger partial charge in [0.15, 0.2) is 12.4 Å². The molecule has 0 bridgehead atoms. The zero-order valence-corrected chi connectivity index (χ0v) is 14.2. The van der Waals surface area contributed by atoms with Crippen LogP contribution >= 0.6 is 0 Å². The van der Waals surface area contributed by atoms with Crippen molar-refractivity contribution >= 4 is 11.7 Å². The van der Waals surface area contributed by atoms with E-state index in [1.807, 2.05) is 0 Å². The quantitative estimate of drug-likeness (QED) is 0.909. The number of benzene rings is 1. The fourth-order valence-corrected chi connectivity index (χ4v) is 3.81. The highest BCUT2D eigenvalue weighted by atomic mass is 19.1. The Hall–Kier alpha value is -2.42. The standard InChI is InChI=1S/C19H21FN2O3/c1-12-9-14(23)18-15(6-5-13(20)17(12)18)25-10-16(24)22-19(11-21)7-3-2-4-8-19/h5-6,12H,2-4,7-10H2,1H3,(H,22,24)/t12-/m0/s1. The van der Waals surface area contributed by atoms with E-state index in [-0.39, 0.29) is 36.0 Å². The van der Waals surface area contributed by atoms with Gasteiger partial charge in [0.25, 0.3) is 5.91 Å². The van der Waals surface area contributed by atoms with Crippen molar-refractivity contribution in [2.24, 2.45) is 0 Å². The van der Waals surface area contributed by atoms with Crippen LogP contribution < -0.4 is 10.1 Å². The molecule has 1 atom stereocenters. The van der Waals surface area contributed by atoms with Gasteiger partial charge in [-0.15, -0.1) is 0 Å². The lowest BCUT2D eigenvalue weighted by molar-refractivity contribution is -0.124. The monoisotopic (exact) mass is 344 g/mol. The van der Waals surface area contributed by atoms with Gasteiger partial charge in [-0.05, 0) is 30.9 Å². The lowest BCUT2D eigenvalue weighted by atomic mass is 9.83. The topological polar surface area (TPSA) is 79.2 Å². The van der Waals surface area contributed by atoms with Crippen LogP contribution in [0.4, 0.5) is 4.39 Å². The molecule has 1 amide bonds. The van der Waals surface area contributed by atoms with Crippen molar-refractivity contribution in [2.45, 2.75) is 56.9 Å². The summed E-state index contributed by atoms with van der Waals surface area (Å²) in [7, 11) is 0. The van der Waals surface area contributed by atoms with Gasteiger partial charge in [0.1, 0.15) is 17.1 Å². The first kappa shape index (κ1) is 17.4. The third kappa shape index (κ3) is 3.37. The summed E-state index contributed by atoms with van der Waals surface area (Å²) in [5.74, 6) is -0.950. The molecule has 1 aromatic rings. The number of carbonyl (C=O) groups is 2.